The van der Waals surface area contributed by atoms with Crippen LogP contribution in [-0.2, 0) is 4.57 Å². The Morgan fingerprint density at radius 3 is 1.70 bits per heavy atom. The second-order valence-corrected chi connectivity index (χ2v) is 9.14. The minimum absolute atomic E-state index is 0.253. The molecule has 1 N–H and O–H groups in total. The van der Waals surface area contributed by atoms with Crippen LogP contribution in [0.4, 0.5) is 0 Å². The van der Waals surface area contributed by atoms with E-state index >= 15 is 0 Å². The molecule has 4 aromatic carbocycles. The van der Waals surface area contributed by atoms with E-state index in [1.165, 1.54) is 0 Å². The van der Waals surface area contributed by atoms with E-state index in [0.717, 1.165) is 33.4 Å². The molecule has 0 bridgehead atoms. The van der Waals surface area contributed by atoms with E-state index in [1.54, 1.807) is 24.3 Å². The molecule has 4 rings (SSSR count). The van der Waals surface area contributed by atoms with Gasteiger partial charge in [0.25, 0.3) is 0 Å². The Kier molecular flexibility index (Phi) is 6.79. The third kappa shape index (κ3) is 6.23. The highest BCUT2D eigenvalue weighted by atomic mass is 31.2. The van der Waals surface area contributed by atoms with Crippen LogP contribution >= 0.6 is 7.82 Å². The fourth-order valence-corrected chi connectivity index (χ4v) is 4.43. The van der Waals surface area contributed by atoms with Gasteiger partial charge in [-0.05, 0) is 77.6 Å². The van der Waals surface area contributed by atoms with Gasteiger partial charge in [0.1, 0.15) is 11.5 Å². The highest BCUT2D eigenvalue weighted by Crippen LogP contribution is 2.44. The Morgan fingerprint density at radius 1 is 0.697 bits per heavy atom. The van der Waals surface area contributed by atoms with Crippen LogP contribution in [0.3, 0.4) is 0 Å². The Hall–Kier alpha value is -3.59. The lowest BCUT2D eigenvalue weighted by Crippen LogP contribution is -2.00. The van der Waals surface area contributed by atoms with Crippen molar-refractivity contribution in [3.05, 3.63) is 131 Å². The van der Waals surface area contributed by atoms with Crippen LogP contribution < -0.4 is 9.05 Å². The number of hydrogen-bond acceptors (Lipinski definition) is 3. The minimum Gasteiger partial charge on any atom is -0.395 e. The van der Waals surface area contributed by atoms with Crippen molar-refractivity contribution in [3.63, 3.8) is 0 Å². The van der Waals surface area contributed by atoms with Gasteiger partial charge in [0.15, 0.2) is 0 Å². The summed E-state index contributed by atoms with van der Waals surface area (Å²) >= 11 is 0. The summed E-state index contributed by atoms with van der Waals surface area (Å²) in [5, 5.41) is 0. The Morgan fingerprint density at radius 2 is 1.18 bits per heavy atom. The maximum Gasteiger partial charge on any atom is 0.584 e. The second kappa shape index (κ2) is 9.91. The average molecular weight is 456 g/mol. The number of benzene rings is 4. The third-order valence-electron chi connectivity index (χ3n) is 5.00. The van der Waals surface area contributed by atoms with Crippen LogP contribution in [0, 0.1) is 13.8 Å². The predicted octanol–water partition coefficient (Wildman–Crippen LogP) is 7.45. The van der Waals surface area contributed by atoms with E-state index in [0.29, 0.717) is 5.75 Å². The van der Waals surface area contributed by atoms with Crippen LogP contribution in [0.15, 0.2) is 103 Å². The molecule has 4 nitrogen and oxygen atoms in total. The first-order chi connectivity index (χ1) is 15.9. The molecular formula is C28H25O4P. The van der Waals surface area contributed by atoms with Gasteiger partial charge < -0.3 is 9.05 Å². The molecule has 0 saturated heterocycles. The van der Waals surface area contributed by atoms with E-state index in [2.05, 4.69) is 30.3 Å². The fourth-order valence-electron chi connectivity index (χ4n) is 3.63. The number of hydrogen-bond donors (Lipinski definition) is 1. The van der Waals surface area contributed by atoms with Crippen LogP contribution in [0.25, 0.3) is 11.6 Å². The summed E-state index contributed by atoms with van der Waals surface area (Å²) in [4.78, 5) is 10.2. The highest BCUT2D eigenvalue weighted by Gasteiger charge is 2.25. The van der Waals surface area contributed by atoms with Crippen molar-refractivity contribution in [2.24, 2.45) is 0 Å². The minimum atomic E-state index is -4.33. The molecule has 0 aliphatic heterocycles. The predicted molar refractivity (Wildman–Crippen MR) is 133 cm³/mol. The topological polar surface area (TPSA) is 55.8 Å². The van der Waals surface area contributed by atoms with E-state index in [-0.39, 0.29) is 5.75 Å². The quantitative estimate of drug-likeness (QED) is 0.232. The zero-order valence-corrected chi connectivity index (χ0v) is 19.4. The Bertz CT molecular complexity index is 1240. The van der Waals surface area contributed by atoms with Gasteiger partial charge >= 0.3 is 7.82 Å². The molecule has 0 saturated carbocycles. The van der Waals surface area contributed by atoms with Gasteiger partial charge in [0.2, 0.25) is 0 Å². The molecule has 1 atom stereocenters. The van der Waals surface area contributed by atoms with Crippen molar-refractivity contribution in [2.45, 2.75) is 13.8 Å². The molecule has 0 radical (unpaired) electrons. The van der Waals surface area contributed by atoms with Crippen LogP contribution in [0.2, 0.25) is 0 Å². The van der Waals surface area contributed by atoms with Gasteiger partial charge in [-0.15, -0.1) is 0 Å². The van der Waals surface area contributed by atoms with Gasteiger partial charge in [-0.1, -0.05) is 78.9 Å². The Balaban J connectivity index is 1.55. The molecule has 0 aliphatic carbocycles. The van der Waals surface area contributed by atoms with Crippen LogP contribution in [-0.4, -0.2) is 4.89 Å². The lowest BCUT2D eigenvalue weighted by molar-refractivity contribution is 0.291. The highest BCUT2D eigenvalue weighted by molar-refractivity contribution is 7.48. The second-order valence-electron chi connectivity index (χ2n) is 7.83. The summed E-state index contributed by atoms with van der Waals surface area (Å²) < 4.78 is 23.0. The van der Waals surface area contributed by atoms with Crippen molar-refractivity contribution in [3.8, 4) is 11.5 Å². The number of aryl methyl sites for hydroxylation is 2. The molecule has 33 heavy (non-hydrogen) atoms. The number of phosphoric acid groups is 1. The van der Waals surface area contributed by atoms with Crippen molar-refractivity contribution < 1.29 is 18.5 Å². The van der Waals surface area contributed by atoms with Crippen molar-refractivity contribution in [1.29, 1.82) is 0 Å². The Labute approximate surface area is 194 Å². The summed E-state index contributed by atoms with van der Waals surface area (Å²) in [5.41, 5.74) is 6.10. The maximum absolute atomic E-state index is 12.5. The zero-order valence-electron chi connectivity index (χ0n) is 18.5. The summed E-state index contributed by atoms with van der Waals surface area (Å²) in [6, 6.07) is 32.7. The largest absolute Gasteiger partial charge is 0.584 e. The van der Waals surface area contributed by atoms with Gasteiger partial charge in [-0.25, -0.2) is 4.57 Å². The van der Waals surface area contributed by atoms with Crippen molar-refractivity contribution in [1.82, 2.24) is 0 Å². The standard InChI is InChI=1S/C28H25O4P/c1-21-17-22(2)19-27(18-21)32-33(29,30)31-26-15-13-23(14-16-26)20-28(24-9-5-3-6-10-24)25-11-7-4-8-12-25/h3-20H,1-2H3,(H,29,30). The lowest BCUT2D eigenvalue weighted by atomic mass is 9.96. The van der Waals surface area contributed by atoms with Crippen LogP contribution in [0.5, 0.6) is 11.5 Å². The number of rotatable bonds is 7. The maximum atomic E-state index is 12.5. The summed E-state index contributed by atoms with van der Waals surface area (Å²) in [5.74, 6) is 0.552. The summed E-state index contributed by atoms with van der Waals surface area (Å²) in [6.45, 7) is 3.79. The molecule has 166 valence electrons. The molecule has 1 unspecified atom stereocenters. The van der Waals surface area contributed by atoms with Gasteiger partial charge in [-0.2, -0.15) is 0 Å². The fraction of sp³-hybridized carbons (Fsp3) is 0.0714. The summed E-state index contributed by atoms with van der Waals surface area (Å²) in [7, 11) is -4.33. The smallest absolute Gasteiger partial charge is 0.395 e. The van der Waals surface area contributed by atoms with Gasteiger partial charge in [-0.3, -0.25) is 4.89 Å². The van der Waals surface area contributed by atoms with E-state index in [1.807, 2.05) is 68.4 Å². The van der Waals surface area contributed by atoms with E-state index in [9.17, 15) is 9.46 Å². The van der Waals surface area contributed by atoms with Gasteiger partial charge in [0, 0.05) is 0 Å². The molecular weight excluding hydrogens is 431 g/mol. The van der Waals surface area contributed by atoms with Crippen molar-refractivity contribution >= 4 is 19.5 Å². The molecule has 0 aromatic heterocycles. The molecule has 0 aliphatic rings. The monoisotopic (exact) mass is 456 g/mol. The van der Waals surface area contributed by atoms with E-state index < -0.39 is 7.82 Å². The van der Waals surface area contributed by atoms with Crippen molar-refractivity contribution in [2.75, 3.05) is 0 Å². The third-order valence-corrected chi connectivity index (χ3v) is 5.88. The van der Waals surface area contributed by atoms with E-state index in [4.69, 9.17) is 9.05 Å². The average Bonchev–Trinajstić information content (AvgIpc) is 2.78. The van der Waals surface area contributed by atoms with Crippen LogP contribution in [0.1, 0.15) is 27.8 Å². The molecule has 0 spiro atoms. The lowest BCUT2D eigenvalue weighted by Gasteiger charge is -2.15. The first-order valence-corrected chi connectivity index (χ1v) is 12.1. The zero-order chi connectivity index (χ0) is 23.3. The first kappa shape index (κ1) is 22.6. The molecule has 0 heterocycles. The SMILES string of the molecule is Cc1cc(C)cc(OP(=O)(O)Oc2ccc(C=C(c3ccccc3)c3ccccc3)cc2)c1. The molecule has 5 heteroatoms. The normalized spacial score (nSPS) is 12.5. The molecule has 4 aromatic rings. The first-order valence-electron chi connectivity index (χ1n) is 10.6. The number of phosphoric ester groups is 1. The summed E-state index contributed by atoms with van der Waals surface area (Å²) in [6.07, 6.45) is 2.08. The van der Waals surface area contributed by atoms with Gasteiger partial charge in [0.05, 0.1) is 0 Å². The molecule has 0 fully saturated rings. The molecule has 0 amide bonds.